The van der Waals surface area contributed by atoms with Gasteiger partial charge in [-0.25, -0.2) is 4.79 Å². The van der Waals surface area contributed by atoms with Gasteiger partial charge in [0.25, 0.3) is 5.56 Å². The molecule has 1 aromatic carbocycles. The van der Waals surface area contributed by atoms with Gasteiger partial charge < -0.3 is 10.6 Å². The quantitative estimate of drug-likeness (QED) is 0.811. The number of carbonyl (C=O) groups is 1. The zero-order chi connectivity index (χ0) is 17.7. The third-order valence-electron chi connectivity index (χ3n) is 5.04. The highest BCUT2D eigenvalue weighted by atomic mass is 16.2. The van der Waals surface area contributed by atoms with E-state index in [1.165, 1.54) is 10.1 Å². The zero-order valence-electron chi connectivity index (χ0n) is 14.0. The highest BCUT2D eigenvalue weighted by molar-refractivity contribution is 6.02. The number of benzene rings is 1. The van der Waals surface area contributed by atoms with E-state index in [4.69, 9.17) is 5.73 Å². The van der Waals surface area contributed by atoms with Crippen LogP contribution in [0.25, 0.3) is 0 Å². The van der Waals surface area contributed by atoms with Crippen molar-refractivity contribution in [1.82, 2.24) is 9.55 Å². The number of hydrogen-bond donors (Lipinski definition) is 2. The maximum atomic E-state index is 12.8. The molecule has 4 rings (SSSR count). The number of nitrogen functional groups attached to an aromatic ring is 1. The fourth-order valence-electron chi connectivity index (χ4n) is 3.64. The number of hydrogen-bond acceptors (Lipinski definition) is 5. The fourth-order valence-corrected chi connectivity index (χ4v) is 3.64. The van der Waals surface area contributed by atoms with Gasteiger partial charge in [-0.2, -0.15) is 0 Å². The standard InChI is InChI=1S/C18H20N4O3/c1-10-8-11-4-2-3-5-13(11)21(10)9-14(23)15-16(19)22(12-6-7-12)18(25)20-17(15)24/h2-5,10,12H,6-9,19H2,1H3,(H,20,24,25)/t10-/m1/s1. The first kappa shape index (κ1) is 15.7. The number of H-pyrrole nitrogens is 1. The number of para-hydroxylation sites is 1. The van der Waals surface area contributed by atoms with Crippen molar-refractivity contribution in [2.24, 2.45) is 0 Å². The molecule has 130 valence electrons. The molecule has 2 heterocycles. The number of anilines is 2. The van der Waals surface area contributed by atoms with Crippen LogP contribution in [0.2, 0.25) is 0 Å². The van der Waals surface area contributed by atoms with Gasteiger partial charge in [-0.15, -0.1) is 0 Å². The van der Waals surface area contributed by atoms with Gasteiger partial charge >= 0.3 is 5.69 Å². The number of ketones is 1. The first-order chi connectivity index (χ1) is 12.0. The predicted octanol–water partition coefficient (Wildman–Crippen LogP) is 1.09. The smallest absolute Gasteiger partial charge is 0.330 e. The lowest BCUT2D eigenvalue weighted by molar-refractivity contribution is 0.0996. The highest BCUT2D eigenvalue weighted by Gasteiger charge is 2.32. The van der Waals surface area contributed by atoms with E-state index in [9.17, 15) is 14.4 Å². The van der Waals surface area contributed by atoms with E-state index in [1.807, 2.05) is 36.1 Å². The van der Waals surface area contributed by atoms with Crippen molar-refractivity contribution in [3.05, 3.63) is 56.2 Å². The number of aromatic amines is 1. The number of nitrogens with one attached hydrogen (secondary N) is 1. The predicted molar refractivity (Wildman–Crippen MR) is 95.3 cm³/mol. The van der Waals surface area contributed by atoms with E-state index in [2.05, 4.69) is 4.98 Å². The molecule has 0 spiro atoms. The summed E-state index contributed by atoms with van der Waals surface area (Å²) in [5, 5.41) is 0. The van der Waals surface area contributed by atoms with Gasteiger partial charge in [0.15, 0.2) is 5.78 Å². The molecule has 0 radical (unpaired) electrons. The van der Waals surface area contributed by atoms with E-state index < -0.39 is 11.2 Å². The first-order valence-corrected chi connectivity index (χ1v) is 8.49. The summed E-state index contributed by atoms with van der Waals surface area (Å²) in [7, 11) is 0. The molecule has 7 nitrogen and oxygen atoms in total. The van der Waals surface area contributed by atoms with E-state index >= 15 is 0 Å². The van der Waals surface area contributed by atoms with Crippen LogP contribution in [0.4, 0.5) is 11.5 Å². The molecule has 1 saturated carbocycles. The van der Waals surface area contributed by atoms with Gasteiger partial charge in [0.2, 0.25) is 0 Å². The molecule has 0 saturated heterocycles. The van der Waals surface area contributed by atoms with E-state index in [-0.39, 0.29) is 35.8 Å². The van der Waals surface area contributed by atoms with Crippen LogP contribution in [0, 0.1) is 0 Å². The third-order valence-corrected chi connectivity index (χ3v) is 5.04. The molecule has 1 aromatic heterocycles. The SMILES string of the molecule is C[C@@H]1Cc2ccccc2N1CC(=O)c1c(N)n(C2CC2)c(=O)[nH]c1=O. The third kappa shape index (κ3) is 2.56. The summed E-state index contributed by atoms with van der Waals surface area (Å²) >= 11 is 0. The Kier molecular flexibility index (Phi) is 3.52. The average Bonchev–Trinajstić information content (AvgIpc) is 3.32. The number of carbonyl (C=O) groups excluding carboxylic acids is 1. The topological polar surface area (TPSA) is 101 Å². The number of nitrogens with two attached hydrogens (primary N) is 1. The van der Waals surface area contributed by atoms with Crippen LogP contribution in [-0.4, -0.2) is 27.9 Å². The summed E-state index contributed by atoms with van der Waals surface area (Å²) < 4.78 is 1.34. The first-order valence-electron chi connectivity index (χ1n) is 8.49. The minimum absolute atomic E-state index is 0.0117. The van der Waals surface area contributed by atoms with E-state index in [0.29, 0.717) is 0 Å². The van der Waals surface area contributed by atoms with Gasteiger partial charge in [0.05, 0.1) is 6.54 Å². The molecule has 2 aliphatic rings. The summed E-state index contributed by atoms with van der Waals surface area (Å²) in [6, 6.07) is 8.09. The Bertz CT molecular complexity index is 971. The van der Waals surface area contributed by atoms with Crippen molar-refractivity contribution in [2.45, 2.75) is 38.3 Å². The lowest BCUT2D eigenvalue weighted by Gasteiger charge is -2.24. The van der Waals surface area contributed by atoms with Gasteiger partial charge in [0, 0.05) is 17.8 Å². The minimum atomic E-state index is -0.704. The Hall–Kier alpha value is -2.83. The molecule has 3 N–H and O–H groups in total. The van der Waals surface area contributed by atoms with Crippen LogP contribution in [-0.2, 0) is 6.42 Å². The fraction of sp³-hybridized carbons (Fsp3) is 0.389. The van der Waals surface area contributed by atoms with Crippen LogP contribution in [0.15, 0.2) is 33.9 Å². The molecule has 2 aromatic rings. The molecule has 0 unspecified atom stereocenters. The summed E-state index contributed by atoms with van der Waals surface area (Å²) in [6.45, 7) is 2.11. The summed E-state index contributed by atoms with van der Waals surface area (Å²) in [5.74, 6) is -0.377. The lowest BCUT2D eigenvalue weighted by atomic mass is 10.1. The monoisotopic (exact) mass is 340 g/mol. The second-order valence-electron chi connectivity index (χ2n) is 6.85. The normalized spacial score (nSPS) is 19.1. The number of rotatable bonds is 4. The lowest BCUT2D eigenvalue weighted by Crippen LogP contribution is -2.40. The number of Topliss-reactive ketones (excluding diaryl/α,β-unsaturated/α-hetero) is 1. The van der Waals surface area contributed by atoms with Crippen molar-refractivity contribution in [3.63, 3.8) is 0 Å². The molecule has 1 aliphatic carbocycles. The Balaban J connectivity index is 1.70. The Morgan fingerprint density at radius 1 is 1.28 bits per heavy atom. The van der Waals surface area contributed by atoms with Crippen LogP contribution in [0.1, 0.15) is 41.7 Å². The maximum Gasteiger partial charge on any atom is 0.330 e. The van der Waals surface area contributed by atoms with Crippen LogP contribution >= 0.6 is 0 Å². The van der Waals surface area contributed by atoms with Crippen molar-refractivity contribution in [1.29, 1.82) is 0 Å². The average molecular weight is 340 g/mol. The van der Waals surface area contributed by atoms with Gasteiger partial charge in [-0.05, 0) is 37.8 Å². The van der Waals surface area contributed by atoms with Crippen molar-refractivity contribution < 1.29 is 4.79 Å². The van der Waals surface area contributed by atoms with Crippen molar-refractivity contribution >= 4 is 17.3 Å². The summed E-state index contributed by atoms with van der Waals surface area (Å²) in [6.07, 6.45) is 2.53. The minimum Gasteiger partial charge on any atom is -0.384 e. The van der Waals surface area contributed by atoms with Crippen LogP contribution < -0.4 is 21.9 Å². The molecular formula is C18H20N4O3. The van der Waals surface area contributed by atoms with E-state index in [0.717, 1.165) is 24.9 Å². The Morgan fingerprint density at radius 2 is 2.00 bits per heavy atom. The maximum absolute atomic E-state index is 12.8. The number of aromatic nitrogens is 2. The molecule has 0 amide bonds. The van der Waals surface area contributed by atoms with Crippen molar-refractivity contribution in [2.75, 3.05) is 17.2 Å². The number of nitrogens with zero attached hydrogens (tertiary/aromatic N) is 2. The van der Waals surface area contributed by atoms with Gasteiger partial charge in [0.1, 0.15) is 11.4 Å². The van der Waals surface area contributed by atoms with Gasteiger partial charge in [-0.3, -0.25) is 19.1 Å². The van der Waals surface area contributed by atoms with E-state index in [1.54, 1.807) is 0 Å². The van der Waals surface area contributed by atoms with Crippen molar-refractivity contribution in [3.8, 4) is 0 Å². The molecule has 1 atom stereocenters. The Labute approximate surface area is 144 Å². The molecule has 1 aliphatic heterocycles. The van der Waals surface area contributed by atoms with Gasteiger partial charge in [-0.1, -0.05) is 18.2 Å². The summed E-state index contributed by atoms with van der Waals surface area (Å²) in [4.78, 5) is 41.3. The van der Waals surface area contributed by atoms with Crippen LogP contribution in [0.5, 0.6) is 0 Å². The largest absolute Gasteiger partial charge is 0.384 e. The molecule has 0 bridgehead atoms. The second-order valence-corrected chi connectivity index (χ2v) is 6.85. The zero-order valence-corrected chi connectivity index (χ0v) is 14.0. The summed E-state index contributed by atoms with van der Waals surface area (Å²) in [5.41, 5.74) is 6.88. The van der Waals surface area contributed by atoms with Crippen LogP contribution in [0.3, 0.4) is 0 Å². The molecule has 1 fully saturated rings. The molecule has 25 heavy (non-hydrogen) atoms. The highest BCUT2D eigenvalue weighted by Crippen LogP contribution is 2.35. The second kappa shape index (κ2) is 5.61. The Morgan fingerprint density at radius 3 is 2.72 bits per heavy atom. The molecule has 7 heteroatoms. The number of fused-ring (bicyclic) bond motifs is 1. The molecular weight excluding hydrogens is 320 g/mol.